The number of hydrogen-bond acceptors (Lipinski definition) is 4. The SMILES string of the molecule is O=S(=O)(O)Cc1cc(-c2cc(Cl)ccc2F)on1. The second-order valence-electron chi connectivity index (χ2n) is 3.53. The summed E-state index contributed by atoms with van der Waals surface area (Å²) in [7, 11) is -4.21. The first-order valence-corrected chi connectivity index (χ1v) is 6.70. The number of halogens is 2. The van der Waals surface area contributed by atoms with Crippen LogP contribution in [0, 0.1) is 5.82 Å². The molecule has 0 unspecified atom stereocenters. The fourth-order valence-corrected chi connectivity index (χ4v) is 2.06. The Balaban J connectivity index is 2.38. The van der Waals surface area contributed by atoms with Gasteiger partial charge in [-0.1, -0.05) is 16.8 Å². The van der Waals surface area contributed by atoms with Crippen LogP contribution in [0.5, 0.6) is 0 Å². The Kier molecular flexibility index (Phi) is 3.38. The van der Waals surface area contributed by atoms with Gasteiger partial charge < -0.3 is 4.52 Å². The normalized spacial score (nSPS) is 11.7. The highest BCUT2D eigenvalue weighted by atomic mass is 35.5. The van der Waals surface area contributed by atoms with E-state index in [4.69, 9.17) is 20.7 Å². The Morgan fingerprint density at radius 3 is 2.78 bits per heavy atom. The molecule has 0 radical (unpaired) electrons. The minimum absolute atomic E-state index is 0.0214. The molecule has 96 valence electrons. The van der Waals surface area contributed by atoms with Gasteiger partial charge in [-0.2, -0.15) is 8.42 Å². The number of nitrogens with zero attached hydrogens (tertiary/aromatic N) is 1. The van der Waals surface area contributed by atoms with Crippen molar-refractivity contribution < 1.29 is 21.9 Å². The molecule has 0 spiro atoms. The van der Waals surface area contributed by atoms with Crippen molar-refractivity contribution in [2.75, 3.05) is 0 Å². The summed E-state index contributed by atoms with van der Waals surface area (Å²) in [6.45, 7) is 0. The molecule has 2 rings (SSSR count). The lowest BCUT2D eigenvalue weighted by molar-refractivity contribution is 0.421. The Bertz CT molecular complexity index is 683. The van der Waals surface area contributed by atoms with Gasteiger partial charge >= 0.3 is 0 Å². The highest BCUT2D eigenvalue weighted by molar-refractivity contribution is 7.85. The van der Waals surface area contributed by atoms with E-state index in [-0.39, 0.29) is 17.0 Å². The van der Waals surface area contributed by atoms with Gasteiger partial charge in [-0.15, -0.1) is 0 Å². The van der Waals surface area contributed by atoms with Crippen molar-refractivity contribution in [2.45, 2.75) is 5.75 Å². The van der Waals surface area contributed by atoms with Crippen LogP contribution in [0.15, 0.2) is 28.8 Å². The number of benzene rings is 1. The van der Waals surface area contributed by atoms with Crippen LogP contribution in [0.2, 0.25) is 5.02 Å². The van der Waals surface area contributed by atoms with Crippen LogP contribution in [0.3, 0.4) is 0 Å². The maximum absolute atomic E-state index is 13.5. The topological polar surface area (TPSA) is 80.4 Å². The third-order valence-electron chi connectivity index (χ3n) is 2.08. The molecule has 0 saturated carbocycles. The van der Waals surface area contributed by atoms with Gasteiger partial charge in [0.15, 0.2) is 5.76 Å². The Morgan fingerprint density at radius 2 is 2.11 bits per heavy atom. The predicted octanol–water partition coefficient (Wildman–Crippen LogP) is 2.52. The van der Waals surface area contributed by atoms with E-state index in [9.17, 15) is 12.8 Å². The summed E-state index contributed by atoms with van der Waals surface area (Å²) in [5, 5.41) is 3.73. The lowest BCUT2D eigenvalue weighted by Crippen LogP contribution is -2.01. The summed E-state index contributed by atoms with van der Waals surface area (Å²) in [6, 6.07) is 5.08. The molecule has 18 heavy (non-hydrogen) atoms. The van der Waals surface area contributed by atoms with Crippen LogP contribution in [0.1, 0.15) is 5.69 Å². The molecule has 2 aromatic rings. The number of aromatic nitrogens is 1. The lowest BCUT2D eigenvalue weighted by atomic mass is 10.1. The van der Waals surface area contributed by atoms with Crippen molar-refractivity contribution in [2.24, 2.45) is 0 Å². The maximum atomic E-state index is 13.5. The summed E-state index contributed by atoms with van der Waals surface area (Å²) < 4.78 is 48.2. The summed E-state index contributed by atoms with van der Waals surface area (Å²) >= 11 is 5.72. The Morgan fingerprint density at radius 1 is 1.39 bits per heavy atom. The van der Waals surface area contributed by atoms with E-state index in [1.807, 2.05) is 0 Å². The van der Waals surface area contributed by atoms with Gasteiger partial charge in [0.25, 0.3) is 10.1 Å². The lowest BCUT2D eigenvalue weighted by Gasteiger charge is -1.98. The van der Waals surface area contributed by atoms with E-state index < -0.39 is 21.7 Å². The van der Waals surface area contributed by atoms with Gasteiger partial charge in [-0.25, -0.2) is 4.39 Å². The minimum Gasteiger partial charge on any atom is -0.356 e. The van der Waals surface area contributed by atoms with Crippen molar-refractivity contribution >= 4 is 21.7 Å². The predicted molar refractivity (Wildman–Crippen MR) is 62.2 cm³/mol. The van der Waals surface area contributed by atoms with Crippen molar-refractivity contribution in [1.29, 1.82) is 0 Å². The van der Waals surface area contributed by atoms with Crippen LogP contribution in [-0.2, 0) is 15.9 Å². The van der Waals surface area contributed by atoms with E-state index in [0.29, 0.717) is 5.02 Å². The molecule has 5 nitrogen and oxygen atoms in total. The van der Waals surface area contributed by atoms with Crippen molar-refractivity contribution in [3.05, 3.63) is 40.8 Å². The minimum atomic E-state index is -4.21. The molecule has 8 heteroatoms. The fraction of sp³-hybridized carbons (Fsp3) is 0.100. The number of hydrogen-bond donors (Lipinski definition) is 1. The molecule has 0 fully saturated rings. The van der Waals surface area contributed by atoms with E-state index in [0.717, 1.165) is 6.07 Å². The van der Waals surface area contributed by atoms with E-state index in [2.05, 4.69) is 5.16 Å². The summed E-state index contributed by atoms with van der Waals surface area (Å²) in [5.41, 5.74) is 0.0449. The first-order valence-electron chi connectivity index (χ1n) is 4.71. The standard InChI is InChI=1S/C10H7ClFNO4S/c11-6-1-2-9(12)8(3-6)10-4-7(13-17-10)5-18(14,15)16/h1-4H,5H2,(H,14,15,16). The molecular weight excluding hydrogens is 285 g/mol. The largest absolute Gasteiger partial charge is 0.356 e. The molecule has 0 atom stereocenters. The molecule has 1 aromatic heterocycles. The van der Waals surface area contributed by atoms with E-state index >= 15 is 0 Å². The molecule has 1 aromatic carbocycles. The second kappa shape index (κ2) is 4.68. The molecule has 1 N–H and O–H groups in total. The van der Waals surface area contributed by atoms with Gasteiger partial charge in [0.1, 0.15) is 17.3 Å². The molecule has 0 aliphatic heterocycles. The highest BCUT2D eigenvalue weighted by Gasteiger charge is 2.15. The fourth-order valence-electron chi connectivity index (χ4n) is 1.38. The smallest absolute Gasteiger partial charge is 0.270 e. The van der Waals surface area contributed by atoms with Crippen LogP contribution < -0.4 is 0 Å². The van der Waals surface area contributed by atoms with Crippen molar-refractivity contribution in [1.82, 2.24) is 5.16 Å². The van der Waals surface area contributed by atoms with Gasteiger partial charge in [0.05, 0.1) is 5.56 Å². The van der Waals surface area contributed by atoms with Gasteiger partial charge in [-0.3, -0.25) is 4.55 Å². The average molecular weight is 292 g/mol. The quantitative estimate of drug-likeness (QED) is 0.879. The molecule has 0 bridgehead atoms. The molecule has 1 heterocycles. The first kappa shape index (κ1) is 13.0. The van der Waals surface area contributed by atoms with Crippen LogP contribution >= 0.6 is 11.6 Å². The molecule has 0 aliphatic rings. The highest BCUT2D eigenvalue weighted by Crippen LogP contribution is 2.26. The third-order valence-corrected chi connectivity index (χ3v) is 2.98. The first-order chi connectivity index (χ1) is 8.35. The zero-order chi connectivity index (χ0) is 13.3. The van der Waals surface area contributed by atoms with Crippen LogP contribution in [0.25, 0.3) is 11.3 Å². The Labute approximate surface area is 107 Å². The summed E-state index contributed by atoms with van der Waals surface area (Å²) in [4.78, 5) is 0. The van der Waals surface area contributed by atoms with Crippen molar-refractivity contribution in [3.8, 4) is 11.3 Å². The van der Waals surface area contributed by atoms with Gasteiger partial charge in [0, 0.05) is 11.1 Å². The number of rotatable bonds is 3. The monoisotopic (exact) mass is 291 g/mol. The van der Waals surface area contributed by atoms with Crippen LogP contribution in [-0.4, -0.2) is 18.1 Å². The molecular formula is C10H7ClFNO4S. The maximum Gasteiger partial charge on any atom is 0.270 e. The zero-order valence-electron chi connectivity index (χ0n) is 8.80. The van der Waals surface area contributed by atoms with E-state index in [1.54, 1.807) is 0 Å². The second-order valence-corrected chi connectivity index (χ2v) is 5.42. The Hall–Kier alpha value is -1.44. The van der Waals surface area contributed by atoms with Gasteiger partial charge in [0.2, 0.25) is 0 Å². The van der Waals surface area contributed by atoms with E-state index in [1.165, 1.54) is 18.2 Å². The van der Waals surface area contributed by atoms with Gasteiger partial charge in [-0.05, 0) is 18.2 Å². The average Bonchev–Trinajstić information content (AvgIpc) is 2.67. The van der Waals surface area contributed by atoms with Crippen molar-refractivity contribution in [3.63, 3.8) is 0 Å². The zero-order valence-corrected chi connectivity index (χ0v) is 10.4. The molecule has 0 saturated heterocycles. The molecule has 0 aliphatic carbocycles. The molecule has 0 amide bonds. The summed E-state index contributed by atoms with van der Waals surface area (Å²) in [5.74, 6) is -1.24. The summed E-state index contributed by atoms with van der Waals surface area (Å²) in [6.07, 6.45) is 0. The van der Waals surface area contributed by atoms with Crippen LogP contribution in [0.4, 0.5) is 4.39 Å². The third kappa shape index (κ3) is 3.06.